The van der Waals surface area contributed by atoms with Gasteiger partial charge in [-0.1, -0.05) is 13.8 Å². The lowest BCUT2D eigenvalue weighted by atomic mass is 10.2. The minimum Gasteiger partial charge on any atom is -0.497 e. The molecular weight excluding hydrogens is 537 g/mol. The Morgan fingerprint density at radius 1 is 1.25 bits per heavy atom. The predicted molar refractivity (Wildman–Crippen MR) is 143 cm³/mol. The summed E-state index contributed by atoms with van der Waals surface area (Å²) in [5.41, 5.74) is 2.23. The van der Waals surface area contributed by atoms with Crippen molar-refractivity contribution in [2.45, 2.75) is 52.2 Å². The normalized spacial score (nSPS) is 16.7. The van der Waals surface area contributed by atoms with Crippen molar-refractivity contribution < 1.29 is 9.47 Å². The Balaban J connectivity index is 0.00000363. The Kier molecular flexibility index (Phi) is 11.0. The zero-order valence-electron chi connectivity index (χ0n) is 19.7. The van der Waals surface area contributed by atoms with Crippen LogP contribution >= 0.6 is 35.3 Å². The van der Waals surface area contributed by atoms with E-state index in [9.17, 15) is 0 Å². The number of aromatic nitrogens is 1. The summed E-state index contributed by atoms with van der Waals surface area (Å²) in [6, 6.07) is 6.43. The molecule has 0 aliphatic carbocycles. The standard InChI is InChI=1S/C23H35N5O2S.HI/c1-6-24-23(25-12-19-15-31-22(26-19)16(2)3)27-18-7-8-28(14-18)13-17-9-20(29-4)11-21(10-17)30-5;/h9-11,15-16,18H,6-8,12-14H2,1-5H3,(H2,24,25,27);1H. The second-order valence-electron chi connectivity index (χ2n) is 8.11. The molecular formula is C23H36IN5O2S. The first-order chi connectivity index (χ1) is 15.0. The zero-order valence-corrected chi connectivity index (χ0v) is 22.8. The van der Waals surface area contributed by atoms with Crippen molar-refractivity contribution >= 4 is 41.3 Å². The van der Waals surface area contributed by atoms with Crippen LogP contribution in [0.15, 0.2) is 28.6 Å². The van der Waals surface area contributed by atoms with Gasteiger partial charge in [0.15, 0.2) is 5.96 Å². The topological polar surface area (TPSA) is 71.0 Å². The number of likely N-dealkylation sites (tertiary alicyclic amines) is 1. The van der Waals surface area contributed by atoms with E-state index in [1.165, 1.54) is 10.6 Å². The van der Waals surface area contributed by atoms with Gasteiger partial charge in [0.1, 0.15) is 11.5 Å². The molecule has 1 aromatic heterocycles. The van der Waals surface area contributed by atoms with E-state index in [2.05, 4.69) is 58.8 Å². The molecule has 1 aromatic carbocycles. The van der Waals surface area contributed by atoms with E-state index in [1.807, 2.05) is 6.07 Å². The molecule has 7 nitrogen and oxygen atoms in total. The molecule has 1 atom stereocenters. The molecule has 1 aliphatic rings. The molecule has 0 spiro atoms. The SMILES string of the molecule is CCNC(=NCc1csc(C(C)C)n1)NC1CCN(Cc2cc(OC)cc(OC)c2)C1.I. The summed E-state index contributed by atoms with van der Waals surface area (Å²) >= 11 is 1.72. The van der Waals surface area contributed by atoms with Gasteiger partial charge in [-0.15, -0.1) is 35.3 Å². The lowest BCUT2D eigenvalue weighted by molar-refractivity contribution is 0.321. The second kappa shape index (κ2) is 13.2. The molecule has 178 valence electrons. The van der Waals surface area contributed by atoms with Gasteiger partial charge in [-0.05, 0) is 31.0 Å². The lowest BCUT2D eigenvalue weighted by Crippen LogP contribution is -2.44. The first-order valence-electron chi connectivity index (χ1n) is 10.9. The summed E-state index contributed by atoms with van der Waals surface area (Å²) in [7, 11) is 3.37. The van der Waals surface area contributed by atoms with Gasteiger partial charge in [0.2, 0.25) is 0 Å². The Morgan fingerprint density at radius 3 is 2.56 bits per heavy atom. The predicted octanol–water partition coefficient (Wildman–Crippen LogP) is 4.23. The van der Waals surface area contributed by atoms with Crippen molar-refractivity contribution in [3.05, 3.63) is 39.8 Å². The molecule has 1 unspecified atom stereocenters. The Bertz CT molecular complexity index is 852. The molecule has 2 N–H and O–H groups in total. The summed E-state index contributed by atoms with van der Waals surface area (Å²) in [6.45, 7) is 10.7. The van der Waals surface area contributed by atoms with Crippen LogP contribution in [0, 0.1) is 0 Å². The minimum atomic E-state index is 0. The fraction of sp³-hybridized carbons (Fsp3) is 0.565. The third-order valence-corrected chi connectivity index (χ3v) is 6.43. The van der Waals surface area contributed by atoms with Crippen LogP contribution in [0.3, 0.4) is 0 Å². The number of methoxy groups -OCH3 is 2. The monoisotopic (exact) mass is 573 g/mol. The molecule has 1 fully saturated rings. The van der Waals surface area contributed by atoms with Gasteiger partial charge in [0.25, 0.3) is 0 Å². The number of benzene rings is 1. The third kappa shape index (κ3) is 7.77. The fourth-order valence-corrected chi connectivity index (χ4v) is 4.47. The number of thiazole rings is 1. The molecule has 0 amide bonds. The van der Waals surface area contributed by atoms with E-state index in [1.54, 1.807) is 25.6 Å². The highest BCUT2D eigenvalue weighted by Crippen LogP contribution is 2.24. The largest absolute Gasteiger partial charge is 0.497 e. The van der Waals surface area contributed by atoms with Crippen LogP contribution in [0.25, 0.3) is 0 Å². The maximum absolute atomic E-state index is 5.40. The van der Waals surface area contributed by atoms with Crippen molar-refractivity contribution in [2.24, 2.45) is 4.99 Å². The van der Waals surface area contributed by atoms with E-state index < -0.39 is 0 Å². The van der Waals surface area contributed by atoms with Crippen LogP contribution in [-0.4, -0.2) is 55.7 Å². The van der Waals surface area contributed by atoms with Gasteiger partial charge in [-0.2, -0.15) is 0 Å². The average Bonchev–Trinajstić information content (AvgIpc) is 3.41. The van der Waals surface area contributed by atoms with Crippen molar-refractivity contribution in [2.75, 3.05) is 33.9 Å². The number of halogens is 1. The molecule has 1 saturated heterocycles. The van der Waals surface area contributed by atoms with Gasteiger partial charge >= 0.3 is 0 Å². The fourth-order valence-electron chi connectivity index (χ4n) is 3.64. The number of hydrogen-bond donors (Lipinski definition) is 2. The molecule has 2 heterocycles. The summed E-state index contributed by atoms with van der Waals surface area (Å²) in [5.74, 6) is 2.97. The van der Waals surface area contributed by atoms with Gasteiger partial charge in [0.05, 0.1) is 31.5 Å². The maximum atomic E-state index is 5.40. The van der Waals surface area contributed by atoms with Crippen molar-refractivity contribution in [1.82, 2.24) is 20.5 Å². The zero-order chi connectivity index (χ0) is 22.2. The summed E-state index contributed by atoms with van der Waals surface area (Å²) in [5, 5.41) is 10.3. The smallest absolute Gasteiger partial charge is 0.191 e. The van der Waals surface area contributed by atoms with Crippen LogP contribution in [-0.2, 0) is 13.1 Å². The van der Waals surface area contributed by atoms with E-state index in [4.69, 9.17) is 14.5 Å². The Morgan fingerprint density at radius 2 is 1.97 bits per heavy atom. The number of ether oxygens (including phenoxy) is 2. The number of guanidine groups is 1. The van der Waals surface area contributed by atoms with Crippen LogP contribution in [0.2, 0.25) is 0 Å². The van der Waals surface area contributed by atoms with Crippen LogP contribution in [0.4, 0.5) is 0 Å². The van der Waals surface area contributed by atoms with Crippen molar-refractivity contribution in [3.63, 3.8) is 0 Å². The van der Waals surface area contributed by atoms with Gasteiger partial charge < -0.3 is 20.1 Å². The third-order valence-electron chi connectivity index (χ3n) is 5.24. The van der Waals surface area contributed by atoms with E-state index in [0.29, 0.717) is 18.5 Å². The lowest BCUT2D eigenvalue weighted by Gasteiger charge is -2.19. The average molecular weight is 574 g/mol. The highest BCUT2D eigenvalue weighted by Gasteiger charge is 2.23. The highest BCUT2D eigenvalue weighted by molar-refractivity contribution is 14.0. The first-order valence-corrected chi connectivity index (χ1v) is 11.8. The van der Waals surface area contributed by atoms with E-state index in [-0.39, 0.29) is 24.0 Å². The van der Waals surface area contributed by atoms with Gasteiger partial charge in [-0.25, -0.2) is 9.98 Å². The number of aliphatic imine (C=N–C) groups is 1. The quantitative estimate of drug-likeness (QED) is 0.266. The van der Waals surface area contributed by atoms with Crippen LogP contribution in [0.5, 0.6) is 11.5 Å². The molecule has 2 aromatic rings. The molecule has 0 saturated carbocycles. The number of rotatable bonds is 9. The summed E-state index contributed by atoms with van der Waals surface area (Å²) in [6.07, 6.45) is 1.08. The number of nitrogens with one attached hydrogen (secondary N) is 2. The summed E-state index contributed by atoms with van der Waals surface area (Å²) < 4.78 is 10.8. The molecule has 1 aliphatic heterocycles. The minimum absolute atomic E-state index is 0. The highest BCUT2D eigenvalue weighted by atomic mass is 127. The molecule has 0 bridgehead atoms. The number of hydrogen-bond acceptors (Lipinski definition) is 6. The van der Waals surface area contributed by atoms with E-state index in [0.717, 1.165) is 55.8 Å². The Labute approximate surface area is 213 Å². The number of nitrogens with zero attached hydrogens (tertiary/aromatic N) is 3. The second-order valence-corrected chi connectivity index (χ2v) is 9.00. The maximum Gasteiger partial charge on any atom is 0.191 e. The Hall–Kier alpha value is -1.59. The van der Waals surface area contributed by atoms with Crippen molar-refractivity contribution in [3.8, 4) is 11.5 Å². The van der Waals surface area contributed by atoms with Gasteiger partial charge in [0, 0.05) is 49.6 Å². The van der Waals surface area contributed by atoms with Crippen LogP contribution in [0.1, 0.15) is 49.4 Å². The first kappa shape index (κ1) is 26.7. The van der Waals surface area contributed by atoms with E-state index >= 15 is 0 Å². The molecule has 3 rings (SSSR count). The van der Waals surface area contributed by atoms with Crippen LogP contribution < -0.4 is 20.1 Å². The molecule has 32 heavy (non-hydrogen) atoms. The van der Waals surface area contributed by atoms with Gasteiger partial charge in [-0.3, -0.25) is 4.90 Å². The molecule has 9 heteroatoms. The molecule has 0 radical (unpaired) electrons. The van der Waals surface area contributed by atoms with Crippen molar-refractivity contribution in [1.29, 1.82) is 0 Å². The summed E-state index contributed by atoms with van der Waals surface area (Å²) in [4.78, 5) is 11.9.